The van der Waals surface area contributed by atoms with Crippen LogP contribution in [-0.2, 0) is 4.74 Å². The van der Waals surface area contributed by atoms with Gasteiger partial charge in [0, 0.05) is 28.4 Å². The Balaban J connectivity index is 2.19. The maximum atomic E-state index is 12.3. The number of terminal acetylenes is 1. The van der Waals surface area contributed by atoms with E-state index in [2.05, 4.69) is 21.2 Å². The molecule has 1 aliphatic rings. The molecule has 0 aliphatic carbocycles. The number of allylic oxidation sites excluding steroid dienone is 1. The number of amidine groups is 1. The minimum absolute atomic E-state index is 0.0145. The van der Waals surface area contributed by atoms with Gasteiger partial charge in [-0.1, -0.05) is 42.6 Å². The molecular weight excluding hydrogens is 378 g/mol. The summed E-state index contributed by atoms with van der Waals surface area (Å²) >= 11 is 6.04. The van der Waals surface area contributed by atoms with Gasteiger partial charge in [-0.3, -0.25) is 10.3 Å². The SMILES string of the molecule is C#CCOC1=N/C(=C(\c2ccc(Cl)cc2)C(C)c2ccccn2)N(N)C(=O)N1. The summed E-state index contributed by atoms with van der Waals surface area (Å²) in [6, 6.07) is 12.2. The van der Waals surface area contributed by atoms with Crippen LogP contribution in [0.4, 0.5) is 4.79 Å². The minimum atomic E-state index is -0.586. The van der Waals surface area contributed by atoms with E-state index in [4.69, 9.17) is 28.6 Å². The number of pyridine rings is 1. The Bertz CT molecular complexity index is 964. The first kappa shape index (κ1) is 19.4. The van der Waals surface area contributed by atoms with Crippen molar-refractivity contribution in [2.24, 2.45) is 10.8 Å². The van der Waals surface area contributed by atoms with Gasteiger partial charge in [-0.05, 0) is 29.8 Å². The van der Waals surface area contributed by atoms with E-state index in [0.29, 0.717) is 10.6 Å². The van der Waals surface area contributed by atoms with Crippen LogP contribution in [0.15, 0.2) is 59.5 Å². The van der Waals surface area contributed by atoms with E-state index >= 15 is 0 Å². The molecule has 3 N–H and O–H groups in total. The number of benzene rings is 1. The van der Waals surface area contributed by atoms with Crippen molar-refractivity contribution in [2.45, 2.75) is 12.8 Å². The molecule has 0 fully saturated rings. The van der Waals surface area contributed by atoms with Crippen molar-refractivity contribution in [3.05, 3.63) is 70.8 Å². The van der Waals surface area contributed by atoms with Crippen LogP contribution in [0.2, 0.25) is 5.02 Å². The van der Waals surface area contributed by atoms with Crippen LogP contribution in [0, 0.1) is 12.3 Å². The van der Waals surface area contributed by atoms with Crippen LogP contribution in [-0.4, -0.2) is 28.7 Å². The first-order chi connectivity index (χ1) is 13.5. The average molecular weight is 396 g/mol. The van der Waals surface area contributed by atoms with E-state index < -0.39 is 6.03 Å². The standard InChI is InChI=1S/C20H18ClN5O2/c1-3-12-28-19-24-18(26(22)20(27)25-19)17(14-7-9-15(21)10-8-14)13(2)16-6-4-5-11-23-16/h1,4-11,13H,12,22H2,2H3,(H,24,25,27)/b18-17+. The van der Waals surface area contributed by atoms with Crippen molar-refractivity contribution in [3.63, 3.8) is 0 Å². The van der Waals surface area contributed by atoms with Crippen LogP contribution in [0.3, 0.4) is 0 Å². The summed E-state index contributed by atoms with van der Waals surface area (Å²) < 4.78 is 5.30. The quantitative estimate of drug-likeness (QED) is 0.472. The monoisotopic (exact) mass is 395 g/mol. The number of amides is 2. The second-order valence-corrected chi connectivity index (χ2v) is 6.37. The topological polar surface area (TPSA) is 92.8 Å². The molecule has 0 spiro atoms. The number of ether oxygens (including phenoxy) is 1. The van der Waals surface area contributed by atoms with Gasteiger partial charge in [0.1, 0.15) is 0 Å². The molecule has 0 saturated heterocycles. The zero-order valence-electron chi connectivity index (χ0n) is 15.1. The summed E-state index contributed by atoms with van der Waals surface area (Å²) in [4.78, 5) is 21.1. The molecule has 0 saturated carbocycles. The van der Waals surface area contributed by atoms with E-state index in [9.17, 15) is 4.79 Å². The number of rotatable bonds is 4. The zero-order valence-corrected chi connectivity index (χ0v) is 15.8. The summed E-state index contributed by atoms with van der Waals surface area (Å²) in [5.74, 6) is 8.35. The molecule has 7 nitrogen and oxygen atoms in total. The third-order valence-electron chi connectivity index (χ3n) is 4.12. The van der Waals surface area contributed by atoms with Crippen LogP contribution in [0.5, 0.6) is 0 Å². The van der Waals surface area contributed by atoms with Crippen LogP contribution in [0.1, 0.15) is 24.1 Å². The lowest BCUT2D eigenvalue weighted by Crippen LogP contribution is -2.50. The molecule has 2 heterocycles. The maximum Gasteiger partial charge on any atom is 0.345 e. The molecule has 3 rings (SSSR count). The van der Waals surface area contributed by atoms with Gasteiger partial charge in [0.05, 0.1) is 0 Å². The Kier molecular flexibility index (Phi) is 5.94. The molecule has 2 aromatic rings. The number of aromatic nitrogens is 1. The molecule has 8 heteroatoms. The van der Waals surface area contributed by atoms with Gasteiger partial charge in [-0.25, -0.2) is 15.6 Å². The molecule has 1 unspecified atom stereocenters. The number of halogens is 1. The van der Waals surface area contributed by atoms with Crippen molar-refractivity contribution in [1.82, 2.24) is 15.3 Å². The highest BCUT2D eigenvalue weighted by Crippen LogP contribution is 2.35. The number of hydrazine groups is 1. The highest BCUT2D eigenvalue weighted by atomic mass is 35.5. The molecule has 1 aromatic carbocycles. The molecule has 2 amide bonds. The Morgan fingerprint density at radius 1 is 1.36 bits per heavy atom. The van der Waals surface area contributed by atoms with Gasteiger partial charge in [-0.15, -0.1) is 6.42 Å². The molecule has 0 bridgehead atoms. The fourth-order valence-corrected chi connectivity index (χ4v) is 2.90. The number of nitrogens with two attached hydrogens (primary N) is 1. The first-order valence-corrected chi connectivity index (χ1v) is 8.81. The molecule has 0 radical (unpaired) electrons. The first-order valence-electron chi connectivity index (χ1n) is 8.43. The number of nitrogens with zero attached hydrogens (tertiary/aromatic N) is 3. The molecular formula is C20H18ClN5O2. The highest BCUT2D eigenvalue weighted by molar-refractivity contribution is 6.30. The average Bonchev–Trinajstić information content (AvgIpc) is 2.71. The Labute approximate surface area is 167 Å². The highest BCUT2D eigenvalue weighted by Gasteiger charge is 2.29. The normalized spacial score (nSPS) is 16.6. The third-order valence-corrected chi connectivity index (χ3v) is 4.37. The van der Waals surface area contributed by atoms with E-state index in [0.717, 1.165) is 16.3 Å². The van der Waals surface area contributed by atoms with E-state index in [1.54, 1.807) is 18.3 Å². The smallest absolute Gasteiger partial charge is 0.345 e. The van der Waals surface area contributed by atoms with Crippen molar-refractivity contribution in [2.75, 3.05) is 6.61 Å². The van der Waals surface area contributed by atoms with Crippen molar-refractivity contribution in [1.29, 1.82) is 0 Å². The summed E-state index contributed by atoms with van der Waals surface area (Å²) in [6.07, 6.45) is 6.92. The van der Waals surface area contributed by atoms with Crippen LogP contribution < -0.4 is 11.2 Å². The number of carbonyl (C=O) groups is 1. The maximum absolute atomic E-state index is 12.3. The number of urea groups is 1. The second kappa shape index (κ2) is 8.57. The summed E-state index contributed by atoms with van der Waals surface area (Å²) in [6.45, 7) is 1.92. The van der Waals surface area contributed by atoms with Gasteiger partial charge in [0.25, 0.3) is 0 Å². The number of nitrogens with one attached hydrogen (secondary N) is 1. The summed E-state index contributed by atoms with van der Waals surface area (Å²) in [7, 11) is 0. The van der Waals surface area contributed by atoms with Gasteiger partial charge in [0.2, 0.25) is 0 Å². The zero-order chi connectivity index (χ0) is 20.1. The van der Waals surface area contributed by atoms with Crippen LogP contribution >= 0.6 is 11.6 Å². The van der Waals surface area contributed by atoms with Gasteiger partial charge < -0.3 is 4.74 Å². The van der Waals surface area contributed by atoms with Crippen molar-refractivity contribution >= 4 is 29.2 Å². The van der Waals surface area contributed by atoms with Gasteiger partial charge >= 0.3 is 12.1 Å². The van der Waals surface area contributed by atoms with E-state index in [-0.39, 0.29) is 24.4 Å². The van der Waals surface area contributed by atoms with E-state index in [1.807, 2.05) is 37.3 Å². The molecule has 142 valence electrons. The Morgan fingerprint density at radius 2 is 2.11 bits per heavy atom. The lowest BCUT2D eigenvalue weighted by Gasteiger charge is -2.28. The molecule has 28 heavy (non-hydrogen) atoms. The van der Waals surface area contributed by atoms with Crippen molar-refractivity contribution in [3.8, 4) is 12.3 Å². The lowest BCUT2D eigenvalue weighted by atomic mass is 9.90. The number of aliphatic imine (C=N–C) groups is 1. The van der Waals surface area contributed by atoms with E-state index in [1.165, 1.54) is 0 Å². The molecule has 1 aliphatic heterocycles. The lowest BCUT2D eigenvalue weighted by molar-refractivity contribution is 0.208. The molecule has 1 atom stereocenters. The Morgan fingerprint density at radius 3 is 2.75 bits per heavy atom. The van der Waals surface area contributed by atoms with Gasteiger partial charge in [-0.2, -0.15) is 4.99 Å². The number of hydrogen-bond donors (Lipinski definition) is 2. The summed E-state index contributed by atoms with van der Waals surface area (Å²) in [5.41, 5.74) is 2.28. The molecule has 1 aromatic heterocycles. The summed E-state index contributed by atoms with van der Waals surface area (Å²) in [5, 5.41) is 3.97. The van der Waals surface area contributed by atoms with Gasteiger partial charge in [0.15, 0.2) is 12.4 Å². The fraction of sp³-hybridized carbons (Fsp3) is 0.150. The number of hydrogen-bond acceptors (Lipinski definition) is 5. The largest absolute Gasteiger partial charge is 0.451 e. The predicted molar refractivity (Wildman–Crippen MR) is 108 cm³/mol. The predicted octanol–water partition coefficient (Wildman–Crippen LogP) is 3.11. The third kappa shape index (κ3) is 4.14. The number of carbonyl (C=O) groups excluding carboxylic acids is 1. The Hall–Kier alpha value is -3.34. The van der Waals surface area contributed by atoms with Crippen LogP contribution in [0.25, 0.3) is 5.57 Å². The van der Waals surface area contributed by atoms with Crippen molar-refractivity contribution < 1.29 is 9.53 Å². The fourth-order valence-electron chi connectivity index (χ4n) is 2.78. The minimum Gasteiger partial charge on any atom is -0.451 e. The second-order valence-electron chi connectivity index (χ2n) is 5.93.